The van der Waals surface area contributed by atoms with Crippen molar-refractivity contribution in [3.05, 3.63) is 21.3 Å². The van der Waals surface area contributed by atoms with E-state index in [1.54, 1.807) is 6.07 Å². The Bertz CT molecular complexity index is 425. The molecule has 1 aliphatic rings. The topological polar surface area (TPSA) is 20.3 Å². The second-order valence-corrected chi connectivity index (χ2v) is 6.91. The monoisotopic (exact) mass is 285 g/mol. The third kappa shape index (κ3) is 2.95. The van der Waals surface area contributed by atoms with Crippen LogP contribution in [0.4, 0.5) is 0 Å². The third-order valence-corrected chi connectivity index (χ3v) is 5.50. The van der Waals surface area contributed by atoms with Crippen LogP contribution >= 0.6 is 22.9 Å². The Morgan fingerprint density at radius 1 is 1.44 bits per heavy atom. The van der Waals surface area contributed by atoms with E-state index in [9.17, 15) is 4.79 Å². The highest BCUT2D eigenvalue weighted by molar-refractivity contribution is 7.18. The summed E-state index contributed by atoms with van der Waals surface area (Å²) >= 11 is 7.24. The van der Waals surface area contributed by atoms with E-state index in [1.165, 1.54) is 30.6 Å². The Hall–Kier alpha value is -0.380. The van der Waals surface area contributed by atoms with E-state index in [2.05, 4.69) is 18.7 Å². The van der Waals surface area contributed by atoms with E-state index in [0.29, 0.717) is 16.3 Å². The Labute approximate surface area is 118 Å². The highest BCUT2D eigenvalue weighted by atomic mass is 35.5. The van der Waals surface area contributed by atoms with Crippen LogP contribution < -0.4 is 0 Å². The lowest BCUT2D eigenvalue weighted by atomic mass is 9.82. The smallest absolute Gasteiger partial charge is 0.186 e. The molecule has 1 aromatic rings. The molecule has 0 amide bonds. The van der Waals surface area contributed by atoms with Crippen LogP contribution in [0.1, 0.15) is 42.8 Å². The van der Waals surface area contributed by atoms with Crippen molar-refractivity contribution >= 4 is 28.7 Å². The SMILES string of the molecule is CCC1(CC)CCN(CC(=O)c2ccc(Cl)s2)C1. The quantitative estimate of drug-likeness (QED) is 0.759. The number of carbonyl (C=O) groups is 1. The van der Waals surface area contributed by atoms with Gasteiger partial charge in [-0.2, -0.15) is 0 Å². The van der Waals surface area contributed by atoms with Crippen molar-refractivity contribution in [2.45, 2.75) is 33.1 Å². The van der Waals surface area contributed by atoms with Crippen molar-refractivity contribution in [2.24, 2.45) is 5.41 Å². The summed E-state index contributed by atoms with van der Waals surface area (Å²) in [7, 11) is 0. The molecule has 18 heavy (non-hydrogen) atoms. The Kier molecular flexibility index (Phi) is 4.46. The zero-order chi connectivity index (χ0) is 13.2. The van der Waals surface area contributed by atoms with Crippen molar-refractivity contribution < 1.29 is 4.79 Å². The molecular weight excluding hydrogens is 266 g/mol. The van der Waals surface area contributed by atoms with Crippen LogP contribution in [0.2, 0.25) is 4.34 Å². The summed E-state index contributed by atoms with van der Waals surface area (Å²) in [5, 5.41) is 0. The number of halogens is 1. The number of rotatable bonds is 5. The molecule has 0 unspecified atom stereocenters. The molecule has 0 bridgehead atoms. The molecule has 0 N–H and O–H groups in total. The Morgan fingerprint density at radius 2 is 2.17 bits per heavy atom. The van der Waals surface area contributed by atoms with Crippen LogP contribution in [-0.4, -0.2) is 30.3 Å². The summed E-state index contributed by atoms with van der Waals surface area (Å²) in [4.78, 5) is 15.2. The summed E-state index contributed by atoms with van der Waals surface area (Å²) in [6.07, 6.45) is 3.64. The van der Waals surface area contributed by atoms with Gasteiger partial charge in [-0.05, 0) is 43.4 Å². The average Bonchev–Trinajstić information content (AvgIpc) is 2.96. The molecule has 0 saturated carbocycles. The molecule has 1 aromatic heterocycles. The molecule has 2 rings (SSSR count). The second kappa shape index (κ2) is 5.72. The van der Waals surface area contributed by atoms with E-state index in [-0.39, 0.29) is 5.78 Å². The van der Waals surface area contributed by atoms with Gasteiger partial charge in [0.15, 0.2) is 5.78 Å². The number of Topliss-reactive ketones (excluding diaryl/α,β-unsaturated/α-hetero) is 1. The number of thiophene rings is 1. The van der Waals surface area contributed by atoms with Crippen molar-refractivity contribution in [2.75, 3.05) is 19.6 Å². The molecule has 1 aliphatic heterocycles. The number of ketones is 1. The molecule has 2 nitrogen and oxygen atoms in total. The first-order chi connectivity index (χ1) is 8.58. The van der Waals surface area contributed by atoms with Gasteiger partial charge >= 0.3 is 0 Å². The lowest BCUT2D eigenvalue weighted by Crippen LogP contribution is -2.30. The summed E-state index contributed by atoms with van der Waals surface area (Å²) in [5.74, 6) is 0.204. The highest BCUT2D eigenvalue weighted by Gasteiger charge is 2.35. The number of carbonyl (C=O) groups excluding carboxylic acids is 1. The Balaban J connectivity index is 1.94. The van der Waals surface area contributed by atoms with Gasteiger partial charge in [0.2, 0.25) is 0 Å². The van der Waals surface area contributed by atoms with Crippen molar-refractivity contribution in [1.29, 1.82) is 0 Å². The third-order valence-electron chi connectivity index (χ3n) is 4.23. The maximum Gasteiger partial charge on any atom is 0.186 e. The zero-order valence-corrected chi connectivity index (χ0v) is 12.6. The molecule has 0 aromatic carbocycles. The van der Waals surface area contributed by atoms with Gasteiger partial charge in [-0.15, -0.1) is 11.3 Å². The van der Waals surface area contributed by atoms with E-state index < -0.39 is 0 Å². The van der Waals surface area contributed by atoms with E-state index in [0.717, 1.165) is 18.0 Å². The van der Waals surface area contributed by atoms with Gasteiger partial charge in [-0.1, -0.05) is 25.4 Å². The van der Waals surface area contributed by atoms with Crippen molar-refractivity contribution in [3.8, 4) is 0 Å². The zero-order valence-electron chi connectivity index (χ0n) is 11.0. The van der Waals surface area contributed by atoms with Crippen molar-refractivity contribution in [3.63, 3.8) is 0 Å². The fourth-order valence-electron chi connectivity index (χ4n) is 2.74. The first kappa shape index (κ1) is 14.0. The molecule has 0 spiro atoms. The minimum absolute atomic E-state index is 0.204. The molecule has 0 aliphatic carbocycles. The van der Waals surface area contributed by atoms with Gasteiger partial charge < -0.3 is 0 Å². The van der Waals surface area contributed by atoms with Crippen LogP contribution in [-0.2, 0) is 0 Å². The summed E-state index contributed by atoms with van der Waals surface area (Å²) in [5.41, 5.74) is 0.438. The number of likely N-dealkylation sites (tertiary alicyclic amines) is 1. The molecule has 2 heterocycles. The number of hydrogen-bond donors (Lipinski definition) is 0. The van der Waals surface area contributed by atoms with Crippen LogP contribution in [0, 0.1) is 5.41 Å². The predicted molar refractivity (Wildman–Crippen MR) is 77.7 cm³/mol. The van der Waals surface area contributed by atoms with E-state index in [4.69, 9.17) is 11.6 Å². The summed E-state index contributed by atoms with van der Waals surface area (Å²) in [6, 6.07) is 3.63. The maximum atomic E-state index is 12.1. The van der Waals surface area contributed by atoms with Crippen LogP contribution in [0.3, 0.4) is 0 Å². The standard InChI is InChI=1S/C14H20ClNOS/c1-3-14(4-2)7-8-16(10-14)9-11(17)12-5-6-13(15)18-12/h5-6H,3-4,7-10H2,1-2H3. The number of hydrogen-bond acceptors (Lipinski definition) is 3. The molecule has 0 atom stereocenters. The number of nitrogens with zero attached hydrogens (tertiary/aromatic N) is 1. The van der Waals surface area contributed by atoms with Crippen LogP contribution in [0.25, 0.3) is 0 Å². The molecule has 0 radical (unpaired) electrons. The van der Waals surface area contributed by atoms with Gasteiger partial charge in [0.05, 0.1) is 15.8 Å². The summed E-state index contributed by atoms with van der Waals surface area (Å²) in [6.45, 7) is 7.16. The largest absolute Gasteiger partial charge is 0.295 e. The van der Waals surface area contributed by atoms with Gasteiger partial charge in [0, 0.05) is 6.54 Å². The average molecular weight is 286 g/mol. The van der Waals surface area contributed by atoms with E-state index >= 15 is 0 Å². The van der Waals surface area contributed by atoms with Crippen LogP contribution in [0.15, 0.2) is 12.1 Å². The first-order valence-electron chi connectivity index (χ1n) is 6.59. The fourth-order valence-corrected chi connectivity index (χ4v) is 3.71. The molecular formula is C14H20ClNOS. The van der Waals surface area contributed by atoms with Gasteiger partial charge in [-0.3, -0.25) is 9.69 Å². The summed E-state index contributed by atoms with van der Waals surface area (Å²) < 4.78 is 0.691. The van der Waals surface area contributed by atoms with Gasteiger partial charge in [0.1, 0.15) is 0 Å². The van der Waals surface area contributed by atoms with E-state index in [1.807, 2.05) is 6.07 Å². The lowest BCUT2D eigenvalue weighted by molar-refractivity contribution is 0.0940. The molecule has 1 saturated heterocycles. The highest BCUT2D eigenvalue weighted by Crippen LogP contribution is 2.37. The van der Waals surface area contributed by atoms with Crippen LogP contribution in [0.5, 0.6) is 0 Å². The molecule has 100 valence electrons. The predicted octanol–water partition coefficient (Wildman–Crippen LogP) is 4.10. The maximum absolute atomic E-state index is 12.1. The minimum atomic E-state index is 0.204. The first-order valence-corrected chi connectivity index (χ1v) is 7.79. The van der Waals surface area contributed by atoms with Crippen molar-refractivity contribution in [1.82, 2.24) is 4.90 Å². The molecule has 4 heteroatoms. The molecule has 1 fully saturated rings. The minimum Gasteiger partial charge on any atom is -0.295 e. The second-order valence-electron chi connectivity index (χ2n) is 5.19. The lowest BCUT2D eigenvalue weighted by Gasteiger charge is -2.26. The van der Waals surface area contributed by atoms with Gasteiger partial charge in [-0.25, -0.2) is 0 Å². The fraction of sp³-hybridized carbons (Fsp3) is 0.643. The normalized spacial score (nSPS) is 19.3. The Morgan fingerprint density at radius 3 is 2.67 bits per heavy atom. The van der Waals surface area contributed by atoms with Gasteiger partial charge in [0.25, 0.3) is 0 Å².